The molecule has 0 amide bonds. The Bertz CT molecular complexity index is 1360. The molecule has 7 atom stereocenters. The van der Waals surface area contributed by atoms with Crippen LogP contribution in [0.4, 0.5) is 0 Å². The van der Waals surface area contributed by atoms with Crippen LogP contribution in [0, 0.1) is 11.3 Å². The summed E-state index contributed by atoms with van der Waals surface area (Å²) >= 11 is 0. The summed E-state index contributed by atoms with van der Waals surface area (Å²) in [5.74, 6) is -0.975. The highest BCUT2D eigenvalue weighted by molar-refractivity contribution is 5.97. The zero-order valence-corrected chi connectivity index (χ0v) is 21.5. The molecule has 6 nitrogen and oxygen atoms in total. The number of hydrogen-bond acceptors (Lipinski definition) is 5. The van der Waals surface area contributed by atoms with E-state index in [2.05, 4.69) is 49.7 Å². The van der Waals surface area contributed by atoms with Crippen molar-refractivity contribution in [2.24, 2.45) is 11.3 Å². The molecular weight excluding hydrogens is 454 g/mol. The molecule has 3 heterocycles. The summed E-state index contributed by atoms with van der Waals surface area (Å²) in [6, 6.07) is 8.46. The third kappa shape index (κ3) is 2.36. The van der Waals surface area contributed by atoms with E-state index in [9.17, 15) is 9.90 Å². The number of rotatable bonds is 3. The van der Waals surface area contributed by atoms with Gasteiger partial charge in [-0.15, -0.1) is 6.58 Å². The number of aliphatic hydroxyl groups is 1. The molecule has 1 aromatic carbocycles. The fourth-order valence-corrected chi connectivity index (χ4v) is 8.77. The van der Waals surface area contributed by atoms with Crippen LogP contribution in [0.2, 0.25) is 0 Å². The van der Waals surface area contributed by atoms with Crippen molar-refractivity contribution >= 4 is 16.7 Å². The topological polar surface area (TPSA) is 80.8 Å². The number of aromatic nitrogens is 1. The van der Waals surface area contributed by atoms with Gasteiger partial charge in [-0.3, -0.25) is 4.79 Å². The first kappa shape index (κ1) is 22.9. The highest BCUT2D eigenvalue weighted by Crippen LogP contribution is 2.72. The van der Waals surface area contributed by atoms with Gasteiger partial charge in [0, 0.05) is 39.4 Å². The number of benzene rings is 1. The average Bonchev–Trinajstić information content (AvgIpc) is 3.42. The van der Waals surface area contributed by atoms with Crippen molar-refractivity contribution in [2.45, 2.75) is 88.0 Å². The highest BCUT2D eigenvalue weighted by Gasteiger charge is 2.77. The number of para-hydroxylation sites is 1. The maximum atomic E-state index is 13.3. The molecule has 7 rings (SSSR count). The molecule has 190 valence electrons. The maximum Gasteiger partial charge on any atom is 0.195 e. The molecule has 5 aliphatic rings. The molecule has 6 heteroatoms. The van der Waals surface area contributed by atoms with Gasteiger partial charge in [0.15, 0.2) is 17.7 Å². The second-order valence-electron chi connectivity index (χ2n) is 12.5. The Morgan fingerprint density at radius 1 is 1.22 bits per heavy atom. The van der Waals surface area contributed by atoms with Gasteiger partial charge in [0.2, 0.25) is 0 Å². The minimum atomic E-state index is -1.46. The molecule has 2 N–H and O–H groups in total. The van der Waals surface area contributed by atoms with Crippen molar-refractivity contribution in [1.82, 2.24) is 4.98 Å². The van der Waals surface area contributed by atoms with E-state index in [4.69, 9.17) is 14.2 Å². The number of nitrogens with one attached hydrogen (secondary N) is 1. The average molecular weight is 490 g/mol. The van der Waals surface area contributed by atoms with Crippen LogP contribution in [-0.4, -0.2) is 51.7 Å². The number of ether oxygens (including phenoxy) is 3. The SMILES string of the molecule is C=CCO[C@H]1CC2Cc3c([nH]c4ccccc34)[C@]2(C)C2(C)CC[C@@]34OC(C(=O)C=C3[C@]12O)C(C)(C)O4. The van der Waals surface area contributed by atoms with Gasteiger partial charge in [0.1, 0.15) is 11.2 Å². The molecule has 1 spiro atoms. The summed E-state index contributed by atoms with van der Waals surface area (Å²) in [4.78, 5) is 17.1. The minimum Gasteiger partial charge on any atom is -0.382 e. The maximum absolute atomic E-state index is 13.3. The predicted octanol–water partition coefficient (Wildman–Crippen LogP) is 4.50. The third-order valence-electron chi connectivity index (χ3n) is 10.7. The van der Waals surface area contributed by atoms with Gasteiger partial charge in [-0.05, 0) is 56.7 Å². The van der Waals surface area contributed by atoms with Crippen LogP contribution < -0.4 is 0 Å². The Hall–Kier alpha value is -2.25. The Morgan fingerprint density at radius 2 is 2.00 bits per heavy atom. The largest absolute Gasteiger partial charge is 0.382 e. The van der Waals surface area contributed by atoms with E-state index in [1.807, 2.05) is 13.8 Å². The van der Waals surface area contributed by atoms with E-state index in [0.717, 1.165) is 11.9 Å². The lowest BCUT2D eigenvalue weighted by Gasteiger charge is -2.67. The van der Waals surface area contributed by atoms with Crippen LogP contribution in [0.3, 0.4) is 0 Å². The first-order valence-electron chi connectivity index (χ1n) is 13.2. The van der Waals surface area contributed by atoms with Gasteiger partial charge < -0.3 is 24.3 Å². The van der Waals surface area contributed by atoms with Gasteiger partial charge in [0.05, 0.1) is 12.7 Å². The van der Waals surface area contributed by atoms with Crippen molar-refractivity contribution in [1.29, 1.82) is 0 Å². The lowest BCUT2D eigenvalue weighted by Crippen LogP contribution is -2.74. The fourth-order valence-electron chi connectivity index (χ4n) is 8.77. The first-order valence-corrected chi connectivity index (χ1v) is 13.2. The molecule has 1 aromatic heterocycles. The summed E-state index contributed by atoms with van der Waals surface area (Å²) < 4.78 is 19.3. The smallest absolute Gasteiger partial charge is 0.195 e. The van der Waals surface area contributed by atoms with Crippen molar-refractivity contribution in [3.63, 3.8) is 0 Å². The van der Waals surface area contributed by atoms with E-state index < -0.39 is 34.6 Å². The third-order valence-corrected chi connectivity index (χ3v) is 10.7. The lowest BCUT2D eigenvalue weighted by molar-refractivity contribution is -0.279. The van der Waals surface area contributed by atoms with Crippen LogP contribution in [0.1, 0.15) is 58.2 Å². The Morgan fingerprint density at radius 3 is 2.78 bits per heavy atom. The molecule has 2 aliphatic heterocycles. The number of H-pyrrole nitrogens is 1. The first-order chi connectivity index (χ1) is 17.0. The second-order valence-corrected chi connectivity index (χ2v) is 12.5. The monoisotopic (exact) mass is 489 g/mol. The van der Waals surface area contributed by atoms with Crippen LogP contribution in [0.15, 0.2) is 48.6 Å². The summed E-state index contributed by atoms with van der Waals surface area (Å²) in [7, 11) is 0. The zero-order chi connectivity index (χ0) is 25.3. The predicted molar refractivity (Wildman–Crippen MR) is 136 cm³/mol. The van der Waals surface area contributed by atoms with E-state index in [-0.39, 0.29) is 17.1 Å². The zero-order valence-electron chi connectivity index (χ0n) is 21.5. The molecule has 3 unspecified atom stereocenters. The molecule has 2 bridgehead atoms. The van der Waals surface area contributed by atoms with Gasteiger partial charge >= 0.3 is 0 Å². The van der Waals surface area contributed by atoms with Gasteiger partial charge in [-0.1, -0.05) is 38.1 Å². The minimum absolute atomic E-state index is 0.145. The Kier molecular flexibility index (Phi) is 4.32. The number of fused-ring (bicyclic) bond motifs is 9. The van der Waals surface area contributed by atoms with Gasteiger partial charge in [-0.25, -0.2) is 0 Å². The number of ketones is 1. The Labute approximate surface area is 211 Å². The van der Waals surface area contributed by atoms with Crippen LogP contribution in [-0.2, 0) is 30.8 Å². The standard InChI is InChI=1S/C30H35NO5/c1-6-13-34-23-15-17-14-19-18-9-7-8-10-20(18)31-24(19)28(17,5)27(4)11-12-29-22(30(23,27)33)16-21(32)25(35-29)26(2,3)36-29/h6-10,16-17,23,25,31,33H,1,11-15H2,2-5H3/t17?,23-,25?,27?,28+,29-,30-/m0/s1. The molecule has 3 fully saturated rings. The summed E-state index contributed by atoms with van der Waals surface area (Å²) in [6.45, 7) is 12.5. The molecule has 3 aliphatic carbocycles. The molecule has 1 saturated heterocycles. The van der Waals surface area contributed by atoms with Crippen molar-refractivity contribution in [3.8, 4) is 0 Å². The molecule has 2 saturated carbocycles. The van der Waals surface area contributed by atoms with Crippen LogP contribution in [0.5, 0.6) is 0 Å². The number of carbonyl (C=O) groups is 1. The van der Waals surface area contributed by atoms with Crippen molar-refractivity contribution < 1.29 is 24.1 Å². The van der Waals surface area contributed by atoms with Crippen LogP contribution in [0.25, 0.3) is 10.9 Å². The molecular formula is C30H35NO5. The molecule has 2 aromatic rings. The van der Waals surface area contributed by atoms with Crippen molar-refractivity contribution in [2.75, 3.05) is 6.61 Å². The fraction of sp³-hybridized carbons (Fsp3) is 0.567. The number of hydrogen-bond donors (Lipinski definition) is 2. The van der Waals surface area contributed by atoms with E-state index in [0.29, 0.717) is 31.4 Å². The number of carbonyl (C=O) groups excluding carboxylic acids is 1. The second kappa shape index (κ2) is 6.79. The Balaban J connectivity index is 1.46. The van der Waals surface area contributed by atoms with Gasteiger partial charge in [0.25, 0.3) is 0 Å². The highest BCUT2D eigenvalue weighted by atomic mass is 16.8. The normalized spacial score (nSPS) is 44.0. The summed E-state index contributed by atoms with van der Waals surface area (Å²) in [5, 5.41) is 14.3. The summed E-state index contributed by atoms with van der Waals surface area (Å²) in [5.41, 5.74) is 0.997. The van der Waals surface area contributed by atoms with E-state index in [1.165, 1.54) is 16.6 Å². The van der Waals surface area contributed by atoms with E-state index >= 15 is 0 Å². The molecule has 0 radical (unpaired) electrons. The quantitative estimate of drug-likeness (QED) is 0.621. The van der Waals surface area contributed by atoms with Crippen LogP contribution >= 0.6 is 0 Å². The lowest BCUT2D eigenvalue weighted by atomic mass is 9.41. The number of aromatic amines is 1. The summed E-state index contributed by atoms with van der Waals surface area (Å²) in [6.07, 6.45) is 5.03. The molecule has 36 heavy (non-hydrogen) atoms. The van der Waals surface area contributed by atoms with Crippen molar-refractivity contribution in [3.05, 3.63) is 59.8 Å². The van der Waals surface area contributed by atoms with E-state index in [1.54, 1.807) is 12.2 Å². The van der Waals surface area contributed by atoms with Gasteiger partial charge in [-0.2, -0.15) is 0 Å².